The third kappa shape index (κ3) is 7.13. The fourth-order valence-corrected chi connectivity index (χ4v) is 2.39. The molecule has 0 radical (unpaired) electrons. The Morgan fingerprint density at radius 2 is 1.93 bits per heavy atom. The van der Waals surface area contributed by atoms with Gasteiger partial charge in [-0.25, -0.2) is 18.2 Å². The maximum Gasteiger partial charge on any atom is 0.263 e. The van der Waals surface area contributed by atoms with Crippen LogP contribution in [0.2, 0.25) is 0 Å². The molecule has 1 atom stereocenters. The molecule has 2 aromatic rings. The monoisotopic (exact) mass is 394 g/mol. The number of pyridine rings is 1. The second-order valence-corrected chi connectivity index (χ2v) is 5.84. The number of likely N-dealkylation sites (N-methyl/N-ethyl adjacent to an activating group) is 1. The Kier molecular flexibility index (Phi) is 9.91. The molecule has 0 amide bonds. The molecule has 2 rings (SSSR count). The number of hydrogen-bond acceptors (Lipinski definition) is 5. The van der Waals surface area contributed by atoms with E-state index < -0.39 is 12.2 Å². The summed E-state index contributed by atoms with van der Waals surface area (Å²) >= 11 is 0. The summed E-state index contributed by atoms with van der Waals surface area (Å²) < 4.78 is 39.1. The number of hydrogen-bond donors (Lipinski definition) is 3. The van der Waals surface area contributed by atoms with E-state index in [1.54, 1.807) is 31.6 Å². The molecule has 5 nitrogen and oxygen atoms in total. The van der Waals surface area contributed by atoms with Crippen LogP contribution in [0.5, 0.6) is 0 Å². The molecule has 1 unspecified atom stereocenters. The average molecular weight is 394 g/mol. The van der Waals surface area contributed by atoms with E-state index in [4.69, 9.17) is 0 Å². The Balaban J connectivity index is 0.00000190. The fraction of sp³-hybridized carbons (Fsp3) is 0.300. The number of rotatable bonds is 8. The third-order valence-electron chi connectivity index (χ3n) is 3.92. The van der Waals surface area contributed by atoms with Crippen molar-refractivity contribution in [3.8, 4) is 0 Å². The first-order chi connectivity index (χ1) is 13.4. The highest BCUT2D eigenvalue weighted by Gasteiger charge is 2.11. The molecule has 28 heavy (non-hydrogen) atoms. The van der Waals surface area contributed by atoms with Gasteiger partial charge in [0.1, 0.15) is 17.9 Å². The zero-order chi connectivity index (χ0) is 21.1. The molecule has 0 saturated carbocycles. The number of nitrogens with one attached hydrogen (secondary N) is 2. The molecule has 0 fully saturated rings. The first-order valence-corrected chi connectivity index (χ1v) is 8.62. The predicted molar refractivity (Wildman–Crippen MR) is 105 cm³/mol. The van der Waals surface area contributed by atoms with E-state index in [9.17, 15) is 18.0 Å². The van der Waals surface area contributed by atoms with Crippen LogP contribution in [-0.2, 0) is 11.2 Å². The molecule has 0 aliphatic heterocycles. The van der Waals surface area contributed by atoms with Crippen molar-refractivity contribution < 1.29 is 18.0 Å². The van der Waals surface area contributed by atoms with Crippen molar-refractivity contribution in [2.75, 3.05) is 19.4 Å². The number of benzene rings is 1. The minimum Gasteiger partial charge on any atom is -0.346 e. The lowest BCUT2D eigenvalue weighted by Crippen LogP contribution is -2.24. The predicted octanol–water partition coefficient (Wildman–Crippen LogP) is 3.43. The van der Waals surface area contributed by atoms with Crippen LogP contribution in [0.4, 0.5) is 19.0 Å². The molecule has 0 aliphatic rings. The van der Waals surface area contributed by atoms with Crippen molar-refractivity contribution in [2.24, 2.45) is 5.73 Å². The van der Waals surface area contributed by atoms with Crippen LogP contribution in [0.3, 0.4) is 0 Å². The number of aromatic nitrogens is 1. The van der Waals surface area contributed by atoms with Crippen molar-refractivity contribution in [2.45, 2.75) is 25.8 Å². The molecule has 4 N–H and O–H groups in total. The molecule has 1 heterocycles. The van der Waals surface area contributed by atoms with Crippen LogP contribution in [0.25, 0.3) is 0 Å². The van der Waals surface area contributed by atoms with Crippen molar-refractivity contribution in [1.82, 2.24) is 10.3 Å². The quantitative estimate of drug-likeness (QED) is 0.472. The number of aldehydes is 1. The molecule has 0 bridgehead atoms. The van der Waals surface area contributed by atoms with Crippen molar-refractivity contribution in [3.05, 3.63) is 70.8 Å². The van der Waals surface area contributed by atoms with Gasteiger partial charge in [-0.1, -0.05) is 0 Å². The Morgan fingerprint density at radius 1 is 1.21 bits per heavy atom. The van der Waals surface area contributed by atoms with Gasteiger partial charge in [0.2, 0.25) is 0 Å². The molecule has 1 aromatic carbocycles. The zero-order valence-corrected chi connectivity index (χ0v) is 16.0. The highest BCUT2D eigenvalue weighted by molar-refractivity contribution is 5.75. The van der Waals surface area contributed by atoms with Gasteiger partial charge in [0.05, 0.1) is 0 Å². The number of carbonyl (C=O) groups excluding carboxylic acids is 1. The zero-order valence-electron chi connectivity index (χ0n) is 16.0. The lowest BCUT2D eigenvalue weighted by Gasteiger charge is -2.10. The summed E-state index contributed by atoms with van der Waals surface area (Å²) in [4.78, 5) is 15.2. The van der Waals surface area contributed by atoms with Gasteiger partial charge in [-0.2, -0.15) is 0 Å². The molecule has 0 spiro atoms. The summed E-state index contributed by atoms with van der Waals surface area (Å²) in [6.45, 7) is 1.84. The first kappa shape index (κ1) is 23.3. The number of alkyl halides is 2. The van der Waals surface area contributed by atoms with Gasteiger partial charge in [-0.3, -0.25) is 4.79 Å². The van der Waals surface area contributed by atoms with Crippen LogP contribution in [-0.4, -0.2) is 31.4 Å². The summed E-state index contributed by atoms with van der Waals surface area (Å²) in [6.07, 6.45) is 1.42. The van der Waals surface area contributed by atoms with Crippen LogP contribution in [0.1, 0.15) is 30.0 Å². The summed E-state index contributed by atoms with van der Waals surface area (Å²) in [5.41, 5.74) is 5.90. The van der Waals surface area contributed by atoms with E-state index in [-0.39, 0.29) is 18.0 Å². The highest BCUT2D eigenvalue weighted by Crippen LogP contribution is 2.23. The van der Waals surface area contributed by atoms with Gasteiger partial charge >= 0.3 is 0 Å². The minimum absolute atomic E-state index is 0.122. The van der Waals surface area contributed by atoms with E-state index in [0.29, 0.717) is 17.0 Å². The summed E-state index contributed by atoms with van der Waals surface area (Å²) in [5, 5.41) is 5.90. The van der Waals surface area contributed by atoms with Gasteiger partial charge in [-0.15, -0.1) is 0 Å². The summed E-state index contributed by atoms with van der Waals surface area (Å²) in [5.74, 6) is -0.194. The number of halogens is 3. The first-order valence-electron chi connectivity index (χ1n) is 8.62. The Labute approximate surface area is 162 Å². The lowest BCUT2D eigenvalue weighted by atomic mass is 10.0. The number of anilines is 1. The minimum atomic E-state index is -2.72. The molecular formula is C20H25F3N4O. The summed E-state index contributed by atoms with van der Waals surface area (Å²) in [7, 11) is 3.24. The van der Waals surface area contributed by atoms with Crippen molar-refractivity contribution >= 4 is 12.1 Å². The van der Waals surface area contributed by atoms with Crippen LogP contribution >= 0.6 is 0 Å². The Morgan fingerprint density at radius 3 is 2.54 bits per heavy atom. The van der Waals surface area contributed by atoms with Gasteiger partial charge in [-0.05, 0) is 68.9 Å². The number of nitrogens with zero attached hydrogens (tertiary/aromatic N) is 1. The van der Waals surface area contributed by atoms with E-state index in [1.165, 1.54) is 19.2 Å². The topological polar surface area (TPSA) is 80.0 Å². The third-order valence-corrected chi connectivity index (χ3v) is 3.92. The SMILES string of the molecule is CN.CNC(C)/C(C=O)=C\Nc1cc(Cc2cc(F)cc(C(F)F)c2)ccn1. The molecule has 1 aromatic heterocycles. The number of nitrogens with two attached hydrogens (primary N) is 1. The van der Waals surface area contributed by atoms with E-state index >= 15 is 0 Å². The van der Waals surface area contributed by atoms with Crippen molar-refractivity contribution in [3.63, 3.8) is 0 Å². The fourth-order valence-electron chi connectivity index (χ4n) is 2.39. The molecule has 0 saturated heterocycles. The van der Waals surface area contributed by atoms with Gasteiger partial charge in [0.15, 0.2) is 0 Å². The van der Waals surface area contributed by atoms with Gasteiger partial charge in [0.25, 0.3) is 6.43 Å². The smallest absolute Gasteiger partial charge is 0.263 e. The molecule has 152 valence electrons. The maximum atomic E-state index is 13.5. The van der Waals surface area contributed by atoms with Crippen LogP contribution in [0.15, 0.2) is 48.3 Å². The Hall–Kier alpha value is -2.71. The second kappa shape index (κ2) is 11.9. The summed E-state index contributed by atoms with van der Waals surface area (Å²) in [6, 6.07) is 6.68. The van der Waals surface area contributed by atoms with Crippen LogP contribution in [0, 0.1) is 5.82 Å². The van der Waals surface area contributed by atoms with Crippen molar-refractivity contribution in [1.29, 1.82) is 0 Å². The largest absolute Gasteiger partial charge is 0.346 e. The van der Waals surface area contributed by atoms with Gasteiger partial charge in [0, 0.05) is 29.6 Å². The van der Waals surface area contributed by atoms with Gasteiger partial charge < -0.3 is 16.4 Å². The second-order valence-electron chi connectivity index (χ2n) is 5.84. The molecule has 0 aliphatic carbocycles. The molecular weight excluding hydrogens is 369 g/mol. The van der Waals surface area contributed by atoms with E-state index in [0.717, 1.165) is 17.9 Å². The van der Waals surface area contributed by atoms with E-state index in [1.807, 2.05) is 6.92 Å². The average Bonchev–Trinajstić information content (AvgIpc) is 2.69. The maximum absolute atomic E-state index is 13.5. The molecule has 8 heteroatoms. The highest BCUT2D eigenvalue weighted by atomic mass is 19.3. The lowest BCUT2D eigenvalue weighted by molar-refractivity contribution is -0.105. The van der Waals surface area contributed by atoms with Crippen LogP contribution < -0.4 is 16.4 Å². The van der Waals surface area contributed by atoms with E-state index in [2.05, 4.69) is 21.4 Å². The standard InChI is InChI=1S/C19H20F3N3O.CH5N/c1-12(23-2)16(11-26)10-25-18-8-13(3-4-24-18)5-14-6-15(19(21)22)9-17(20)7-14;1-2/h3-4,6-12,19,23H,5H2,1-2H3,(H,24,25);2H2,1H3/b16-10-;. The number of carbonyl (C=O) groups is 1. The Bertz CT molecular complexity index is 797. The normalized spacial score (nSPS) is 12.2.